The Balaban J connectivity index is 1.34. The summed E-state index contributed by atoms with van der Waals surface area (Å²) in [5, 5.41) is 7.16. The van der Waals surface area contributed by atoms with Gasteiger partial charge in [0.25, 0.3) is 0 Å². The average Bonchev–Trinajstić information content (AvgIpc) is 3.59. The predicted molar refractivity (Wildman–Crippen MR) is 169 cm³/mol. The van der Waals surface area contributed by atoms with Crippen LogP contribution in [0, 0.1) is 0 Å². The minimum Gasteiger partial charge on any atom is -0.455 e. The molecule has 0 fully saturated rings. The van der Waals surface area contributed by atoms with E-state index in [1.165, 1.54) is 42.1 Å². The topological polar surface area (TPSA) is 26.0 Å². The molecule has 6 aromatic carbocycles. The van der Waals surface area contributed by atoms with Crippen LogP contribution < -0.4 is 0 Å². The van der Waals surface area contributed by atoms with Crippen LogP contribution in [0.25, 0.3) is 86.5 Å². The molecular weight excluding hydrogens is 506 g/mol. The first-order valence-corrected chi connectivity index (χ1v) is 14.3. The average molecular weight is 528 g/mol. The molecule has 0 atom stereocenters. The number of thiophene rings is 1. The van der Waals surface area contributed by atoms with Crippen LogP contribution >= 0.6 is 11.3 Å². The van der Waals surface area contributed by atoms with Crippen LogP contribution in [0.15, 0.2) is 132 Å². The van der Waals surface area contributed by atoms with Crippen LogP contribution in [0.2, 0.25) is 0 Å². The molecule has 3 heterocycles. The molecule has 0 amide bonds. The highest BCUT2D eigenvalue weighted by Crippen LogP contribution is 2.47. The van der Waals surface area contributed by atoms with Gasteiger partial charge >= 0.3 is 0 Å². The second-order valence-corrected chi connectivity index (χ2v) is 11.4. The molecule has 186 valence electrons. The molecular formula is C37H21NOS. The summed E-state index contributed by atoms with van der Waals surface area (Å²) < 4.78 is 9.38. The van der Waals surface area contributed by atoms with Crippen molar-refractivity contribution in [3.8, 4) is 33.7 Å². The van der Waals surface area contributed by atoms with Crippen molar-refractivity contribution in [2.24, 2.45) is 0 Å². The Morgan fingerprint density at radius 1 is 0.500 bits per heavy atom. The molecule has 0 N–H and O–H groups in total. The number of aromatic nitrogens is 1. The third-order valence-corrected chi connectivity index (χ3v) is 9.23. The lowest BCUT2D eigenvalue weighted by Gasteiger charge is -2.15. The fraction of sp³-hybridized carbons (Fsp3) is 0. The minimum absolute atomic E-state index is 0.843. The molecule has 0 radical (unpaired) electrons. The van der Waals surface area contributed by atoms with Gasteiger partial charge in [0, 0.05) is 36.5 Å². The van der Waals surface area contributed by atoms with Crippen LogP contribution in [-0.4, -0.2) is 4.98 Å². The number of benzene rings is 6. The molecule has 0 aliphatic carbocycles. The highest BCUT2D eigenvalue weighted by molar-refractivity contribution is 7.25. The van der Waals surface area contributed by atoms with E-state index >= 15 is 0 Å². The van der Waals surface area contributed by atoms with E-state index < -0.39 is 0 Å². The quantitative estimate of drug-likeness (QED) is 0.223. The maximum Gasteiger partial charge on any atom is 0.145 e. The lowest BCUT2D eigenvalue weighted by Crippen LogP contribution is -1.91. The van der Waals surface area contributed by atoms with E-state index in [1.807, 2.05) is 35.6 Å². The third kappa shape index (κ3) is 3.07. The molecule has 2 aliphatic rings. The van der Waals surface area contributed by atoms with Gasteiger partial charge in [-0.3, -0.25) is 0 Å². The molecule has 0 unspecified atom stereocenters. The van der Waals surface area contributed by atoms with Crippen molar-refractivity contribution in [3.63, 3.8) is 0 Å². The Labute approximate surface area is 234 Å². The van der Waals surface area contributed by atoms with E-state index in [0.29, 0.717) is 0 Å². The van der Waals surface area contributed by atoms with Crippen molar-refractivity contribution < 1.29 is 4.42 Å². The Kier molecular flexibility index (Phi) is 4.52. The van der Waals surface area contributed by atoms with Crippen molar-refractivity contribution in [1.29, 1.82) is 0 Å². The van der Waals surface area contributed by atoms with Crippen molar-refractivity contribution in [1.82, 2.24) is 4.98 Å². The minimum atomic E-state index is 0.843. The summed E-state index contributed by atoms with van der Waals surface area (Å²) in [6.07, 6.45) is 0. The number of para-hydroxylation sites is 2. The fourth-order valence-electron chi connectivity index (χ4n) is 6.26. The smallest absolute Gasteiger partial charge is 0.145 e. The zero-order valence-electron chi connectivity index (χ0n) is 21.4. The summed E-state index contributed by atoms with van der Waals surface area (Å²) in [5.41, 5.74) is 7.41. The SMILES string of the molecule is c1ccc2c3c(-c4ccc(-c5ccc6sc7ccccc7c6c5)c5ccccc45)oc4ccccc4c-3nc2c1. The highest BCUT2D eigenvalue weighted by Gasteiger charge is 2.24. The van der Waals surface area contributed by atoms with Crippen LogP contribution in [0.1, 0.15) is 0 Å². The molecule has 7 aromatic rings. The monoisotopic (exact) mass is 527 g/mol. The second-order valence-electron chi connectivity index (χ2n) is 10.3. The first-order chi connectivity index (χ1) is 19.8. The summed E-state index contributed by atoms with van der Waals surface area (Å²) in [6.45, 7) is 0. The first-order valence-electron chi connectivity index (χ1n) is 13.5. The predicted octanol–water partition coefficient (Wildman–Crippen LogP) is 10.9. The van der Waals surface area contributed by atoms with Gasteiger partial charge in [-0.15, -0.1) is 11.3 Å². The summed E-state index contributed by atoms with van der Waals surface area (Å²) in [7, 11) is 0. The van der Waals surface area contributed by atoms with Gasteiger partial charge in [0.05, 0.1) is 16.8 Å². The lowest BCUT2D eigenvalue weighted by atomic mass is 9.91. The van der Waals surface area contributed by atoms with Crippen LogP contribution in [-0.2, 0) is 0 Å². The summed E-state index contributed by atoms with van der Waals surface area (Å²) in [5.74, 6) is 0.865. The molecule has 2 nitrogen and oxygen atoms in total. The highest BCUT2D eigenvalue weighted by atomic mass is 32.1. The van der Waals surface area contributed by atoms with E-state index in [9.17, 15) is 0 Å². The van der Waals surface area contributed by atoms with Crippen molar-refractivity contribution >= 4 is 64.2 Å². The Hall–Kier alpha value is -4.99. The molecule has 1 aromatic heterocycles. The van der Waals surface area contributed by atoms with Crippen LogP contribution in [0.3, 0.4) is 0 Å². The Morgan fingerprint density at radius 2 is 1.15 bits per heavy atom. The molecule has 9 rings (SSSR count). The standard InChI is InChI=1S/C37H21NOS/c1-2-10-25-24(9-1)23(22-17-20-34-30(21-22)26-11-5-8-16-33(26)40-34)18-19-27(25)37-35-28-12-3-6-14-31(28)38-36(35)29-13-4-7-15-32(29)39-37/h1-21H. The Bertz CT molecular complexity index is 2390. The van der Waals surface area contributed by atoms with Crippen LogP contribution in [0.4, 0.5) is 0 Å². The van der Waals surface area contributed by atoms with Gasteiger partial charge in [-0.05, 0) is 64.4 Å². The number of hydrogen-bond donors (Lipinski definition) is 0. The summed E-state index contributed by atoms with van der Waals surface area (Å²) in [4.78, 5) is 5.06. The normalized spacial score (nSPS) is 12.0. The summed E-state index contributed by atoms with van der Waals surface area (Å²) in [6, 6.07) is 45.3. The first kappa shape index (κ1) is 21.9. The zero-order chi connectivity index (χ0) is 26.2. The van der Waals surface area contributed by atoms with Gasteiger partial charge in [0.1, 0.15) is 11.3 Å². The van der Waals surface area contributed by atoms with E-state index in [-0.39, 0.29) is 0 Å². The number of nitrogens with zero attached hydrogens (tertiary/aromatic N) is 1. The molecule has 3 heteroatoms. The van der Waals surface area contributed by atoms with Gasteiger partial charge in [0.15, 0.2) is 0 Å². The van der Waals surface area contributed by atoms with Gasteiger partial charge in [-0.1, -0.05) is 84.9 Å². The van der Waals surface area contributed by atoms with E-state index in [1.54, 1.807) is 0 Å². The van der Waals surface area contributed by atoms with Crippen molar-refractivity contribution in [3.05, 3.63) is 127 Å². The third-order valence-electron chi connectivity index (χ3n) is 8.08. The van der Waals surface area contributed by atoms with Gasteiger partial charge in [-0.2, -0.15) is 0 Å². The molecule has 40 heavy (non-hydrogen) atoms. The maximum absolute atomic E-state index is 6.74. The van der Waals surface area contributed by atoms with E-state index in [2.05, 4.69) is 103 Å². The van der Waals surface area contributed by atoms with E-state index in [4.69, 9.17) is 9.40 Å². The second kappa shape index (κ2) is 8.25. The number of rotatable bonds is 2. The zero-order valence-corrected chi connectivity index (χ0v) is 22.2. The molecule has 0 saturated carbocycles. The van der Waals surface area contributed by atoms with Gasteiger partial charge in [0.2, 0.25) is 0 Å². The van der Waals surface area contributed by atoms with Crippen LogP contribution in [0.5, 0.6) is 0 Å². The summed E-state index contributed by atoms with van der Waals surface area (Å²) >= 11 is 1.85. The largest absolute Gasteiger partial charge is 0.455 e. The van der Waals surface area contributed by atoms with E-state index in [0.717, 1.165) is 44.5 Å². The molecule has 2 aliphatic heterocycles. The van der Waals surface area contributed by atoms with Gasteiger partial charge in [-0.25, -0.2) is 4.98 Å². The van der Waals surface area contributed by atoms with Crippen molar-refractivity contribution in [2.45, 2.75) is 0 Å². The maximum atomic E-state index is 6.74. The fourth-order valence-corrected chi connectivity index (χ4v) is 7.34. The number of fused-ring (bicyclic) bond motifs is 9. The van der Waals surface area contributed by atoms with Gasteiger partial charge < -0.3 is 4.42 Å². The molecule has 0 saturated heterocycles. The number of hydrogen-bond acceptors (Lipinski definition) is 3. The van der Waals surface area contributed by atoms with Crippen molar-refractivity contribution in [2.75, 3.05) is 0 Å². The molecule has 0 bridgehead atoms. The lowest BCUT2D eigenvalue weighted by molar-refractivity contribution is 0.622. The Morgan fingerprint density at radius 3 is 2.02 bits per heavy atom. The molecule has 0 spiro atoms.